The highest BCUT2D eigenvalue weighted by molar-refractivity contribution is 6.29. The maximum Gasteiger partial charge on any atom is 0.232 e. The van der Waals surface area contributed by atoms with Crippen LogP contribution in [0.5, 0.6) is 0 Å². The molecule has 0 amide bonds. The van der Waals surface area contributed by atoms with E-state index < -0.39 is 0 Å². The van der Waals surface area contributed by atoms with E-state index in [1.54, 1.807) is 6.07 Å². The third kappa shape index (κ3) is 4.17. The van der Waals surface area contributed by atoms with Crippen LogP contribution in [-0.4, -0.2) is 26.0 Å². The molecular weight excluding hydrogens is 324 g/mol. The molecule has 122 valence electrons. The first-order valence-corrected chi connectivity index (χ1v) is 7.95. The molecule has 0 radical (unpaired) electrons. The molecule has 0 unspecified atom stereocenters. The Labute approximate surface area is 145 Å². The molecule has 0 aliphatic heterocycles. The summed E-state index contributed by atoms with van der Waals surface area (Å²) >= 11 is 5.97. The second-order valence-electron chi connectivity index (χ2n) is 5.44. The van der Waals surface area contributed by atoms with Gasteiger partial charge in [-0.3, -0.25) is 0 Å². The van der Waals surface area contributed by atoms with Crippen LogP contribution in [0.3, 0.4) is 0 Å². The Morgan fingerprint density at radius 1 is 0.833 bits per heavy atom. The van der Waals surface area contributed by atoms with Crippen molar-refractivity contribution in [3.63, 3.8) is 0 Å². The van der Waals surface area contributed by atoms with Gasteiger partial charge in [-0.1, -0.05) is 35.9 Å². The average molecular weight is 341 g/mol. The van der Waals surface area contributed by atoms with Crippen LogP contribution in [0.25, 0.3) is 11.5 Å². The molecule has 0 fully saturated rings. The first-order valence-electron chi connectivity index (χ1n) is 7.58. The molecule has 3 rings (SSSR count). The third-order valence-corrected chi connectivity index (χ3v) is 3.24. The van der Waals surface area contributed by atoms with E-state index in [0.717, 1.165) is 5.69 Å². The van der Waals surface area contributed by atoms with Gasteiger partial charge in [0.25, 0.3) is 0 Å². The van der Waals surface area contributed by atoms with Crippen LogP contribution in [0.15, 0.2) is 48.5 Å². The summed E-state index contributed by atoms with van der Waals surface area (Å²) in [6.07, 6.45) is 0. The molecule has 6 nitrogen and oxygen atoms in total. The van der Waals surface area contributed by atoms with Crippen molar-refractivity contribution in [3.05, 3.63) is 53.7 Å². The van der Waals surface area contributed by atoms with Crippen molar-refractivity contribution in [2.75, 3.05) is 10.6 Å². The average Bonchev–Trinajstić information content (AvgIpc) is 2.55. The summed E-state index contributed by atoms with van der Waals surface area (Å²) in [5, 5.41) is 6.76. The molecule has 0 atom stereocenters. The monoisotopic (exact) mass is 340 g/mol. The van der Waals surface area contributed by atoms with E-state index >= 15 is 0 Å². The van der Waals surface area contributed by atoms with Gasteiger partial charge in [0.05, 0.1) is 0 Å². The lowest BCUT2D eigenvalue weighted by Crippen LogP contribution is -2.14. The topological polar surface area (TPSA) is 75.6 Å². The number of hydrogen-bond donors (Lipinski definition) is 2. The number of nitrogens with one attached hydrogen (secondary N) is 2. The highest BCUT2D eigenvalue weighted by Gasteiger charge is 2.11. The number of nitrogens with zero attached hydrogens (tertiary/aromatic N) is 4. The van der Waals surface area contributed by atoms with Gasteiger partial charge in [0.15, 0.2) is 5.82 Å². The van der Waals surface area contributed by atoms with E-state index in [9.17, 15) is 0 Å². The van der Waals surface area contributed by atoms with Gasteiger partial charge in [0, 0.05) is 11.7 Å². The van der Waals surface area contributed by atoms with Gasteiger partial charge in [-0.15, -0.1) is 0 Å². The van der Waals surface area contributed by atoms with Crippen molar-refractivity contribution in [1.29, 1.82) is 0 Å². The van der Waals surface area contributed by atoms with E-state index in [2.05, 4.69) is 30.6 Å². The Balaban J connectivity index is 2.00. The fourth-order valence-electron chi connectivity index (χ4n) is 2.05. The lowest BCUT2D eigenvalue weighted by Gasteiger charge is -2.12. The number of rotatable bonds is 5. The quantitative estimate of drug-likeness (QED) is 0.679. The molecule has 0 saturated carbocycles. The predicted molar refractivity (Wildman–Crippen MR) is 96.6 cm³/mol. The highest BCUT2D eigenvalue weighted by atomic mass is 35.5. The third-order valence-electron chi connectivity index (χ3n) is 3.03. The van der Waals surface area contributed by atoms with Gasteiger partial charge < -0.3 is 10.6 Å². The summed E-state index contributed by atoms with van der Waals surface area (Å²) in [5.41, 5.74) is 1.48. The summed E-state index contributed by atoms with van der Waals surface area (Å²) in [6, 6.07) is 15.2. The van der Waals surface area contributed by atoms with Crippen LogP contribution in [-0.2, 0) is 0 Å². The normalized spacial score (nSPS) is 10.7. The molecule has 3 aromatic rings. The second-order valence-corrected chi connectivity index (χ2v) is 5.83. The minimum Gasteiger partial charge on any atom is -0.352 e. The first-order chi connectivity index (χ1) is 11.6. The molecule has 1 aromatic carbocycles. The van der Waals surface area contributed by atoms with Crippen molar-refractivity contribution < 1.29 is 0 Å². The minimum atomic E-state index is 0.192. The fourth-order valence-corrected chi connectivity index (χ4v) is 2.22. The van der Waals surface area contributed by atoms with E-state index in [1.807, 2.05) is 56.3 Å². The molecule has 0 saturated heterocycles. The summed E-state index contributed by atoms with van der Waals surface area (Å²) in [5.74, 6) is 1.38. The van der Waals surface area contributed by atoms with Crippen LogP contribution in [0.2, 0.25) is 5.15 Å². The van der Waals surface area contributed by atoms with Gasteiger partial charge >= 0.3 is 0 Å². The standard InChI is InChI=1S/C17H17ClN6/c1-11(2)19-16-22-15(13-9-6-10-14(18)21-13)23-17(24-16)20-12-7-4-3-5-8-12/h3-11H,1-2H3,(H2,19,20,22,23,24). The molecule has 2 heterocycles. The number of pyridine rings is 1. The zero-order chi connectivity index (χ0) is 16.9. The largest absolute Gasteiger partial charge is 0.352 e. The molecular formula is C17H17ClN6. The lowest BCUT2D eigenvalue weighted by molar-refractivity contribution is 0.869. The maximum atomic E-state index is 5.97. The summed E-state index contributed by atoms with van der Waals surface area (Å²) in [4.78, 5) is 17.6. The Morgan fingerprint density at radius 2 is 1.58 bits per heavy atom. The van der Waals surface area contributed by atoms with Gasteiger partial charge in [0.1, 0.15) is 10.8 Å². The van der Waals surface area contributed by atoms with Gasteiger partial charge in [-0.05, 0) is 38.1 Å². The zero-order valence-corrected chi connectivity index (χ0v) is 14.1. The molecule has 0 aliphatic rings. The van der Waals surface area contributed by atoms with Crippen LogP contribution in [0.4, 0.5) is 17.6 Å². The zero-order valence-electron chi connectivity index (χ0n) is 13.4. The Kier molecular flexibility index (Phi) is 4.86. The smallest absolute Gasteiger partial charge is 0.232 e. The minimum absolute atomic E-state index is 0.192. The molecule has 7 heteroatoms. The van der Waals surface area contributed by atoms with Crippen LogP contribution >= 0.6 is 11.6 Å². The van der Waals surface area contributed by atoms with Gasteiger partial charge in [-0.2, -0.15) is 15.0 Å². The molecule has 0 aliphatic carbocycles. The van der Waals surface area contributed by atoms with Crippen LogP contribution < -0.4 is 10.6 Å². The molecule has 2 N–H and O–H groups in total. The predicted octanol–water partition coefficient (Wildman–Crippen LogP) is 4.15. The Bertz CT molecular complexity index is 822. The van der Waals surface area contributed by atoms with E-state index in [0.29, 0.717) is 28.6 Å². The Morgan fingerprint density at radius 3 is 2.29 bits per heavy atom. The van der Waals surface area contributed by atoms with Crippen molar-refractivity contribution in [2.24, 2.45) is 0 Å². The van der Waals surface area contributed by atoms with Crippen molar-refractivity contribution in [1.82, 2.24) is 19.9 Å². The van der Waals surface area contributed by atoms with Crippen molar-refractivity contribution >= 4 is 29.2 Å². The fraction of sp³-hybridized carbons (Fsp3) is 0.176. The first kappa shape index (κ1) is 16.1. The van der Waals surface area contributed by atoms with Crippen LogP contribution in [0.1, 0.15) is 13.8 Å². The van der Waals surface area contributed by atoms with Crippen molar-refractivity contribution in [2.45, 2.75) is 19.9 Å². The number of para-hydroxylation sites is 1. The van der Waals surface area contributed by atoms with Gasteiger partial charge in [-0.25, -0.2) is 4.98 Å². The molecule has 2 aromatic heterocycles. The maximum absolute atomic E-state index is 5.97. The van der Waals surface area contributed by atoms with Gasteiger partial charge in [0.2, 0.25) is 11.9 Å². The summed E-state index contributed by atoms with van der Waals surface area (Å²) < 4.78 is 0. The highest BCUT2D eigenvalue weighted by Crippen LogP contribution is 2.20. The number of aromatic nitrogens is 4. The number of anilines is 3. The summed E-state index contributed by atoms with van der Waals surface area (Å²) in [7, 11) is 0. The SMILES string of the molecule is CC(C)Nc1nc(Nc2ccccc2)nc(-c2cccc(Cl)n2)n1. The van der Waals surface area contributed by atoms with E-state index in [1.165, 1.54) is 0 Å². The van der Waals surface area contributed by atoms with E-state index in [-0.39, 0.29) is 6.04 Å². The number of halogens is 1. The van der Waals surface area contributed by atoms with E-state index in [4.69, 9.17) is 11.6 Å². The second kappa shape index (κ2) is 7.23. The van der Waals surface area contributed by atoms with Crippen molar-refractivity contribution in [3.8, 4) is 11.5 Å². The molecule has 0 bridgehead atoms. The lowest BCUT2D eigenvalue weighted by atomic mass is 10.3. The number of benzene rings is 1. The molecule has 24 heavy (non-hydrogen) atoms. The number of hydrogen-bond acceptors (Lipinski definition) is 6. The molecule has 0 spiro atoms. The van der Waals surface area contributed by atoms with Crippen LogP contribution in [0, 0.1) is 0 Å². The summed E-state index contributed by atoms with van der Waals surface area (Å²) in [6.45, 7) is 4.04. The Hall–Kier alpha value is -2.73.